The highest BCUT2D eigenvalue weighted by molar-refractivity contribution is 6.34. The van der Waals surface area contributed by atoms with Crippen LogP contribution in [0.2, 0.25) is 5.02 Å². The van der Waals surface area contributed by atoms with Crippen molar-refractivity contribution in [1.29, 1.82) is 0 Å². The molecule has 5 nitrogen and oxygen atoms in total. The lowest BCUT2D eigenvalue weighted by Gasteiger charge is -2.12. The Kier molecular flexibility index (Phi) is 5.49. The molecule has 2 aromatic heterocycles. The minimum Gasteiger partial charge on any atom is -0.380 e. The van der Waals surface area contributed by atoms with Crippen molar-refractivity contribution in [3.63, 3.8) is 0 Å². The van der Waals surface area contributed by atoms with Gasteiger partial charge in [-0.1, -0.05) is 17.7 Å². The summed E-state index contributed by atoms with van der Waals surface area (Å²) >= 11 is 6.27. The average molecular weight is 367 g/mol. The highest BCUT2D eigenvalue weighted by Gasteiger charge is 2.12. The molecule has 6 heteroatoms. The number of hydrogen-bond donors (Lipinski definition) is 2. The third kappa shape index (κ3) is 4.37. The lowest BCUT2D eigenvalue weighted by molar-refractivity contribution is 0.102. The highest BCUT2D eigenvalue weighted by atomic mass is 35.5. The summed E-state index contributed by atoms with van der Waals surface area (Å²) in [6.45, 7) is 4.50. The summed E-state index contributed by atoms with van der Waals surface area (Å²) in [5, 5.41) is 6.65. The molecule has 0 bridgehead atoms. The van der Waals surface area contributed by atoms with E-state index in [4.69, 9.17) is 11.6 Å². The van der Waals surface area contributed by atoms with Gasteiger partial charge in [0.25, 0.3) is 5.91 Å². The number of aromatic nitrogens is 2. The zero-order valence-corrected chi connectivity index (χ0v) is 15.3. The maximum absolute atomic E-state index is 12.6. The van der Waals surface area contributed by atoms with Crippen molar-refractivity contribution in [2.75, 3.05) is 10.6 Å². The predicted octanol–water partition coefficient (Wildman–Crippen LogP) is 4.61. The van der Waals surface area contributed by atoms with E-state index in [1.165, 1.54) is 6.20 Å². The Morgan fingerprint density at radius 2 is 1.85 bits per heavy atom. The quantitative estimate of drug-likeness (QED) is 0.691. The first-order valence-electron chi connectivity index (χ1n) is 8.19. The van der Waals surface area contributed by atoms with E-state index in [1.54, 1.807) is 24.7 Å². The first kappa shape index (κ1) is 17.9. The number of benzene rings is 1. The summed E-state index contributed by atoms with van der Waals surface area (Å²) in [5.74, 6) is -0.251. The summed E-state index contributed by atoms with van der Waals surface area (Å²) in [6, 6.07) is 9.43. The second kappa shape index (κ2) is 7.97. The van der Waals surface area contributed by atoms with E-state index in [9.17, 15) is 4.79 Å². The van der Waals surface area contributed by atoms with E-state index in [0.29, 0.717) is 22.8 Å². The second-order valence-corrected chi connectivity index (χ2v) is 6.47. The van der Waals surface area contributed by atoms with E-state index < -0.39 is 0 Å². The molecule has 2 heterocycles. The van der Waals surface area contributed by atoms with Crippen LogP contribution in [0, 0.1) is 13.8 Å². The number of carbonyl (C=O) groups is 1. The van der Waals surface area contributed by atoms with Crippen molar-refractivity contribution in [2.45, 2.75) is 20.4 Å². The molecule has 26 heavy (non-hydrogen) atoms. The Labute approximate surface area is 157 Å². The lowest BCUT2D eigenvalue weighted by Crippen LogP contribution is -2.14. The maximum Gasteiger partial charge on any atom is 0.257 e. The summed E-state index contributed by atoms with van der Waals surface area (Å²) in [4.78, 5) is 20.7. The number of anilines is 2. The van der Waals surface area contributed by atoms with Crippen LogP contribution < -0.4 is 10.6 Å². The average Bonchev–Trinajstić information content (AvgIpc) is 2.64. The zero-order chi connectivity index (χ0) is 18.5. The third-order valence-electron chi connectivity index (χ3n) is 3.92. The summed E-state index contributed by atoms with van der Waals surface area (Å²) in [6.07, 6.45) is 6.70. The van der Waals surface area contributed by atoms with Crippen molar-refractivity contribution in [2.24, 2.45) is 0 Å². The van der Waals surface area contributed by atoms with Crippen molar-refractivity contribution >= 4 is 28.9 Å². The lowest BCUT2D eigenvalue weighted by atomic mass is 10.1. The molecule has 1 amide bonds. The van der Waals surface area contributed by atoms with E-state index in [0.717, 1.165) is 22.4 Å². The van der Waals surface area contributed by atoms with Gasteiger partial charge in [0, 0.05) is 31.3 Å². The molecule has 0 spiro atoms. The van der Waals surface area contributed by atoms with Gasteiger partial charge in [0.1, 0.15) is 0 Å². The van der Waals surface area contributed by atoms with Crippen LogP contribution >= 0.6 is 11.6 Å². The van der Waals surface area contributed by atoms with Gasteiger partial charge in [-0.3, -0.25) is 14.8 Å². The number of nitrogens with one attached hydrogen (secondary N) is 2. The number of carbonyl (C=O) groups excluding carboxylic acids is 1. The van der Waals surface area contributed by atoms with Gasteiger partial charge in [-0.25, -0.2) is 0 Å². The fourth-order valence-corrected chi connectivity index (χ4v) is 2.99. The smallest absolute Gasteiger partial charge is 0.257 e. The first-order valence-corrected chi connectivity index (χ1v) is 8.56. The number of amides is 1. The van der Waals surface area contributed by atoms with Crippen LogP contribution in [0.25, 0.3) is 0 Å². The number of nitrogens with zero attached hydrogens (tertiary/aromatic N) is 2. The van der Waals surface area contributed by atoms with Crippen LogP contribution in [0.3, 0.4) is 0 Å². The maximum atomic E-state index is 12.6. The number of halogens is 1. The zero-order valence-electron chi connectivity index (χ0n) is 14.6. The molecule has 0 saturated heterocycles. The van der Waals surface area contributed by atoms with Gasteiger partial charge < -0.3 is 10.6 Å². The molecule has 0 fully saturated rings. The Hall–Kier alpha value is -2.92. The van der Waals surface area contributed by atoms with Crippen LogP contribution in [-0.2, 0) is 6.54 Å². The molecule has 132 valence electrons. The highest BCUT2D eigenvalue weighted by Crippen LogP contribution is 2.27. The summed E-state index contributed by atoms with van der Waals surface area (Å²) in [5.41, 5.74) is 4.91. The molecule has 3 rings (SSSR count). The first-order chi connectivity index (χ1) is 12.5. The van der Waals surface area contributed by atoms with E-state index in [1.807, 2.05) is 38.1 Å². The minimum atomic E-state index is -0.251. The second-order valence-electron chi connectivity index (χ2n) is 6.06. The van der Waals surface area contributed by atoms with Gasteiger partial charge in [-0.2, -0.15) is 0 Å². The summed E-state index contributed by atoms with van der Waals surface area (Å²) in [7, 11) is 0. The number of aryl methyl sites for hydroxylation is 2. The molecule has 0 atom stereocenters. The SMILES string of the molecule is Cc1cc(C)c(NC(=O)c2cncc(NCc3ccncc3)c2)c(Cl)c1. The van der Waals surface area contributed by atoms with Crippen molar-refractivity contribution < 1.29 is 4.79 Å². The van der Waals surface area contributed by atoms with Gasteiger partial charge in [0.15, 0.2) is 0 Å². The number of hydrogen-bond acceptors (Lipinski definition) is 4. The van der Waals surface area contributed by atoms with Crippen LogP contribution in [0.4, 0.5) is 11.4 Å². The molecule has 3 aromatic rings. The Morgan fingerprint density at radius 3 is 2.58 bits per heavy atom. The Morgan fingerprint density at radius 1 is 1.08 bits per heavy atom. The third-order valence-corrected chi connectivity index (χ3v) is 4.21. The molecule has 0 aliphatic rings. The molecule has 0 aliphatic carbocycles. The van der Waals surface area contributed by atoms with Gasteiger partial charge in [-0.15, -0.1) is 0 Å². The van der Waals surface area contributed by atoms with Crippen LogP contribution in [0.15, 0.2) is 55.1 Å². The molecule has 2 N–H and O–H groups in total. The van der Waals surface area contributed by atoms with Gasteiger partial charge in [-0.05, 0) is 54.8 Å². The largest absolute Gasteiger partial charge is 0.380 e. The molecular formula is C20H19ClN4O. The Balaban J connectivity index is 1.72. The van der Waals surface area contributed by atoms with E-state index in [-0.39, 0.29) is 5.91 Å². The van der Waals surface area contributed by atoms with Crippen LogP contribution in [0.5, 0.6) is 0 Å². The summed E-state index contributed by atoms with van der Waals surface area (Å²) < 4.78 is 0. The molecule has 0 unspecified atom stereocenters. The Bertz CT molecular complexity index is 905. The fourth-order valence-electron chi connectivity index (χ4n) is 2.63. The normalized spacial score (nSPS) is 10.4. The van der Waals surface area contributed by atoms with Crippen LogP contribution in [0.1, 0.15) is 27.0 Å². The predicted molar refractivity (Wildman–Crippen MR) is 105 cm³/mol. The molecule has 0 aliphatic heterocycles. The van der Waals surface area contributed by atoms with Crippen molar-refractivity contribution in [3.8, 4) is 0 Å². The fraction of sp³-hybridized carbons (Fsp3) is 0.150. The molecule has 0 radical (unpaired) electrons. The van der Waals surface area contributed by atoms with E-state index >= 15 is 0 Å². The van der Waals surface area contributed by atoms with Gasteiger partial charge in [0.05, 0.1) is 22.0 Å². The topological polar surface area (TPSA) is 66.9 Å². The minimum absolute atomic E-state index is 0.251. The standard InChI is InChI=1S/C20H19ClN4O/c1-13-7-14(2)19(18(21)8-13)25-20(26)16-9-17(12-23-11-16)24-10-15-3-5-22-6-4-15/h3-9,11-12,24H,10H2,1-2H3,(H,25,26). The molecular weight excluding hydrogens is 348 g/mol. The van der Waals surface area contributed by atoms with Gasteiger partial charge >= 0.3 is 0 Å². The van der Waals surface area contributed by atoms with Gasteiger partial charge in [0.2, 0.25) is 0 Å². The molecule has 0 saturated carbocycles. The molecule has 1 aromatic carbocycles. The number of rotatable bonds is 5. The van der Waals surface area contributed by atoms with E-state index in [2.05, 4.69) is 20.6 Å². The number of pyridine rings is 2. The van der Waals surface area contributed by atoms with Crippen LogP contribution in [-0.4, -0.2) is 15.9 Å². The van der Waals surface area contributed by atoms with Crippen molar-refractivity contribution in [1.82, 2.24) is 9.97 Å². The van der Waals surface area contributed by atoms with Crippen molar-refractivity contribution in [3.05, 3.63) is 82.4 Å². The monoisotopic (exact) mass is 366 g/mol.